The molecule has 2 aromatic carbocycles. The molecule has 2 N–H and O–H groups in total. The van der Waals surface area contributed by atoms with E-state index in [0.717, 1.165) is 16.8 Å². The number of ether oxygens (including phenoxy) is 2. The molecule has 0 bridgehead atoms. The third-order valence-corrected chi connectivity index (χ3v) is 5.91. The highest BCUT2D eigenvalue weighted by atomic mass is 19.1. The fourth-order valence-electron chi connectivity index (χ4n) is 3.94. The number of nitrogens with zero attached hydrogens (tertiary/aromatic N) is 2. The average Bonchev–Trinajstić information content (AvgIpc) is 3.35. The van der Waals surface area contributed by atoms with Crippen LogP contribution in [0, 0.1) is 11.2 Å². The number of aromatic amines is 1. The van der Waals surface area contributed by atoms with Gasteiger partial charge in [-0.05, 0) is 48.5 Å². The molecule has 1 amide bonds. The van der Waals surface area contributed by atoms with Crippen LogP contribution in [0.3, 0.4) is 0 Å². The summed E-state index contributed by atoms with van der Waals surface area (Å²) in [6.07, 6.45) is 2.71. The summed E-state index contributed by atoms with van der Waals surface area (Å²) in [5.41, 5.74) is 3.32. The summed E-state index contributed by atoms with van der Waals surface area (Å²) < 4.78 is 25.6. The van der Waals surface area contributed by atoms with E-state index in [1.54, 1.807) is 36.7 Å². The Hall–Kier alpha value is -3.88. The molecule has 178 valence electrons. The zero-order valence-corrected chi connectivity index (χ0v) is 19.2. The van der Waals surface area contributed by atoms with Crippen molar-refractivity contribution in [2.24, 2.45) is 5.41 Å². The molecule has 5 rings (SSSR count). The molecule has 0 radical (unpaired) electrons. The SMILES string of the molecule is CC1(CNC(=O)c2ccccc2)COC(c2nc(-c3ccc(F)cc3)c(-c3ccncc3)[nH]2)OC1. The highest BCUT2D eigenvalue weighted by Gasteiger charge is 2.35. The van der Waals surface area contributed by atoms with Crippen LogP contribution in [0.5, 0.6) is 0 Å². The Kier molecular flexibility index (Phi) is 6.39. The van der Waals surface area contributed by atoms with E-state index in [-0.39, 0.29) is 17.1 Å². The van der Waals surface area contributed by atoms with E-state index in [1.165, 1.54) is 12.1 Å². The standard InChI is InChI=1S/C27H25FN4O3/c1-27(15-30-25(33)20-5-3-2-4-6-20)16-34-26(35-17-27)24-31-22(18-7-9-21(28)10-8-18)23(32-24)19-11-13-29-14-12-19/h2-14,26H,15-17H2,1H3,(H,30,33)(H,31,32). The van der Waals surface area contributed by atoms with E-state index in [0.29, 0.717) is 36.8 Å². The molecule has 1 saturated heterocycles. The number of carbonyl (C=O) groups excluding carboxylic acids is 1. The lowest BCUT2D eigenvalue weighted by atomic mass is 9.92. The Morgan fingerprint density at radius 2 is 1.71 bits per heavy atom. The molecule has 35 heavy (non-hydrogen) atoms. The minimum Gasteiger partial charge on any atom is -0.351 e. The molecule has 2 aromatic heterocycles. The van der Waals surface area contributed by atoms with Gasteiger partial charge in [0.1, 0.15) is 5.82 Å². The molecule has 0 atom stereocenters. The topological polar surface area (TPSA) is 89.1 Å². The molecule has 1 aliphatic heterocycles. The Morgan fingerprint density at radius 1 is 1.03 bits per heavy atom. The first-order chi connectivity index (χ1) is 17.0. The number of rotatable bonds is 6. The number of carbonyl (C=O) groups is 1. The van der Waals surface area contributed by atoms with E-state index in [1.807, 2.05) is 37.3 Å². The summed E-state index contributed by atoms with van der Waals surface area (Å²) in [6, 6.07) is 19.0. The van der Waals surface area contributed by atoms with Crippen LogP contribution in [-0.4, -0.2) is 40.6 Å². The van der Waals surface area contributed by atoms with Gasteiger partial charge in [-0.25, -0.2) is 9.37 Å². The van der Waals surface area contributed by atoms with E-state index >= 15 is 0 Å². The van der Waals surface area contributed by atoms with Gasteiger partial charge in [-0.1, -0.05) is 25.1 Å². The maximum Gasteiger partial charge on any atom is 0.251 e. The lowest BCUT2D eigenvalue weighted by molar-refractivity contribution is -0.231. The van der Waals surface area contributed by atoms with Crippen molar-refractivity contribution >= 4 is 5.91 Å². The zero-order valence-electron chi connectivity index (χ0n) is 19.2. The first-order valence-electron chi connectivity index (χ1n) is 11.3. The number of pyridine rings is 1. The van der Waals surface area contributed by atoms with Crippen LogP contribution in [0.4, 0.5) is 4.39 Å². The van der Waals surface area contributed by atoms with Gasteiger partial charge in [-0.15, -0.1) is 0 Å². The van der Waals surface area contributed by atoms with Gasteiger partial charge in [0, 0.05) is 41.0 Å². The second kappa shape index (κ2) is 9.77. The molecule has 0 spiro atoms. The molecule has 1 fully saturated rings. The minimum atomic E-state index is -0.692. The lowest BCUT2D eigenvalue weighted by Gasteiger charge is -2.36. The Morgan fingerprint density at radius 3 is 2.40 bits per heavy atom. The third kappa shape index (κ3) is 5.13. The Labute approximate surface area is 202 Å². The number of amides is 1. The van der Waals surface area contributed by atoms with E-state index < -0.39 is 6.29 Å². The Bertz CT molecular complexity index is 1290. The zero-order chi connectivity index (χ0) is 24.3. The summed E-state index contributed by atoms with van der Waals surface area (Å²) in [6.45, 7) is 3.17. The minimum absolute atomic E-state index is 0.133. The highest BCUT2D eigenvalue weighted by Crippen LogP contribution is 2.35. The fourth-order valence-corrected chi connectivity index (χ4v) is 3.94. The monoisotopic (exact) mass is 472 g/mol. The van der Waals surface area contributed by atoms with Gasteiger partial charge in [0.2, 0.25) is 6.29 Å². The normalized spacial score (nSPS) is 19.9. The molecule has 7 nitrogen and oxygen atoms in total. The number of nitrogens with one attached hydrogen (secondary N) is 2. The van der Waals surface area contributed by atoms with Gasteiger partial charge in [0.15, 0.2) is 5.82 Å². The molecule has 0 unspecified atom stereocenters. The summed E-state index contributed by atoms with van der Waals surface area (Å²) in [4.78, 5) is 24.6. The molecule has 8 heteroatoms. The number of benzene rings is 2. The van der Waals surface area contributed by atoms with Crippen LogP contribution in [-0.2, 0) is 9.47 Å². The number of hydrogen-bond donors (Lipinski definition) is 2. The van der Waals surface area contributed by atoms with Crippen molar-refractivity contribution in [3.63, 3.8) is 0 Å². The highest BCUT2D eigenvalue weighted by molar-refractivity contribution is 5.94. The largest absolute Gasteiger partial charge is 0.351 e. The molecular weight excluding hydrogens is 447 g/mol. The summed E-state index contributed by atoms with van der Waals surface area (Å²) >= 11 is 0. The van der Waals surface area contributed by atoms with Crippen molar-refractivity contribution in [3.05, 3.63) is 96.3 Å². The maximum absolute atomic E-state index is 13.5. The molecule has 0 saturated carbocycles. The maximum atomic E-state index is 13.5. The molecule has 4 aromatic rings. The Balaban J connectivity index is 1.31. The van der Waals surface area contributed by atoms with Crippen LogP contribution < -0.4 is 5.32 Å². The number of aromatic nitrogens is 3. The van der Waals surface area contributed by atoms with Crippen LogP contribution >= 0.6 is 0 Å². The fraction of sp³-hybridized carbons (Fsp3) is 0.222. The second-order valence-electron chi connectivity index (χ2n) is 8.90. The first kappa shape index (κ1) is 22.9. The van der Waals surface area contributed by atoms with Gasteiger partial charge in [-0.3, -0.25) is 9.78 Å². The third-order valence-electron chi connectivity index (χ3n) is 5.91. The van der Waals surface area contributed by atoms with Crippen molar-refractivity contribution in [2.75, 3.05) is 19.8 Å². The molecular formula is C27H25FN4O3. The second-order valence-corrected chi connectivity index (χ2v) is 8.90. The predicted molar refractivity (Wildman–Crippen MR) is 129 cm³/mol. The number of imidazole rings is 1. The molecule has 3 heterocycles. The first-order valence-corrected chi connectivity index (χ1v) is 11.3. The van der Waals surface area contributed by atoms with Gasteiger partial charge in [0.05, 0.1) is 24.6 Å². The number of H-pyrrole nitrogens is 1. The van der Waals surface area contributed by atoms with Crippen LogP contribution in [0.25, 0.3) is 22.5 Å². The number of hydrogen-bond acceptors (Lipinski definition) is 5. The van der Waals surface area contributed by atoms with E-state index in [4.69, 9.17) is 14.5 Å². The summed E-state index contributed by atoms with van der Waals surface area (Å²) in [7, 11) is 0. The van der Waals surface area contributed by atoms with Crippen LogP contribution in [0.15, 0.2) is 79.1 Å². The molecule has 0 aliphatic carbocycles. The quantitative estimate of drug-likeness (QED) is 0.422. The van der Waals surface area contributed by atoms with Gasteiger partial charge in [0.25, 0.3) is 5.91 Å². The lowest BCUT2D eigenvalue weighted by Crippen LogP contribution is -2.45. The smallest absolute Gasteiger partial charge is 0.251 e. The van der Waals surface area contributed by atoms with Gasteiger partial charge >= 0.3 is 0 Å². The van der Waals surface area contributed by atoms with Crippen molar-refractivity contribution in [1.82, 2.24) is 20.3 Å². The van der Waals surface area contributed by atoms with Gasteiger partial charge < -0.3 is 19.8 Å². The van der Waals surface area contributed by atoms with Crippen molar-refractivity contribution < 1.29 is 18.7 Å². The van der Waals surface area contributed by atoms with Crippen molar-refractivity contribution in [1.29, 1.82) is 0 Å². The summed E-state index contributed by atoms with van der Waals surface area (Å²) in [5.74, 6) is 0.0741. The van der Waals surface area contributed by atoms with Crippen molar-refractivity contribution in [2.45, 2.75) is 13.2 Å². The molecule has 1 aliphatic rings. The average molecular weight is 473 g/mol. The van der Waals surface area contributed by atoms with Crippen LogP contribution in [0.1, 0.15) is 29.4 Å². The summed E-state index contributed by atoms with van der Waals surface area (Å²) in [5, 5.41) is 2.97. The van der Waals surface area contributed by atoms with E-state index in [2.05, 4.69) is 15.3 Å². The predicted octanol–water partition coefficient (Wildman–Crippen LogP) is 4.76. The van der Waals surface area contributed by atoms with Gasteiger partial charge in [-0.2, -0.15) is 0 Å². The number of halogens is 1. The van der Waals surface area contributed by atoms with E-state index in [9.17, 15) is 9.18 Å². The van der Waals surface area contributed by atoms with Crippen molar-refractivity contribution in [3.8, 4) is 22.5 Å². The van der Waals surface area contributed by atoms with Crippen LogP contribution in [0.2, 0.25) is 0 Å².